The van der Waals surface area contributed by atoms with Crippen LogP contribution in [-0.4, -0.2) is 38.7 Å². The van der Waals surface area contributed by atoms with Crippen LogP contribution < -0.4 is 10.6 Å². The molecule has 0 aliphatic carbocycles. The van der Waals surface area contributed by atoms with Gasteiger partial charge < -0.3 is 15.8 Å². The third kappa shape index (κ3) is 2.75. The highest BCUT2D eigenvalue weighted by molar-refractivity contribution is 5.82. The summed E-state index contributed by atoms with van der Waals surface area (Å²) in [6, 6.07) is 3.76. The summed E-state index contributed by atoms with van der Waals surface area (Å²) in [5, 5.41) is 15.8. The number of nitrogens with zero attached hydrogens (tertiary/aromatic N) is 5. The van der Waals surface area contributed by atoms with E-state index in [2.05, 4.69) is 20.1 Å². The Labute approximate surface area is 111 Å². The highest BCUT2D eigenvalue weighted by atomic mass is 16.4. The molecule has 1 unspecified atom stereocenters. The number of hydrogen-bond acceptors (Lipinski definition) is 5. The molecule has 0 radical (unpaired) electrons. The van der Waals surface area contributed by atoms with Crippen molar-refractivity contribution < 1.29 is 5.21 Å². The zero-order chi connectivity index (χ0) is 13.8. The lowest BCUT2D eigenvalue weighted by Crippen LogP contribution is -2.35. The average molecular weight is 262 g/mol. The summed E-state index contributed by atoms with van der Waals surface area (Å²) < 4.78 is 1.71. The molecule has 19 heavy (non-hydrogen) atoms. The first-order chi connectivity index (χ1) is 9.15. The van der Waals surface area contributed by atoms with Crippen molar-refractivity contribution in [3.63, 3.8) is 0 Å². The second-order valence-electron chi connectivity index (χ2n) is 4.38. The molecule has 0 bridgehead atoms. The number of aromatic nitrogens is 3. The van der Waals surface area contributed by atoms with Gasteiger partial charge in [-0.15, -0.1) is 0 Å². The number of rotatable bonds is 5. The maximum absolute atomic E-state index is 8.69. The fourth-order valence-corrected chi connectivity index (χ4v) is 1.89. The highest BCUT2D eigenvalue weighted by Gasteiger charge is 2.14. The van der Waals surface area contributed by atoms with Crippen LogP contribution in [0.1, 0.15) is 13.8 Å². The van der Waals surface area contributed by atoms with Gasteiger partial charge in [-0.25, -0.2) is 9.50 Å². The molecular weight excluding hydrogens is 244 g/mol. The van der Waals surface area contributed by atoms with Crippen molar-refractivity contribution in [3.05, 3.63) is 24.5 Å². The van der Waals surface area contributed by atoms with Crippen molar-refractivity contribution in [1.82, 2.24) is 14.6 Å². The van der Waals surface area contributed by atoms with Gasteiger partial charge in [0.2, 0.25) is 0 Å². The summed E-state index contributed by atoms with van der Waals surface area (Å²) in [7, 11) is 0. The van der Waals surface area contributed by atoms with Crippen LogP contribution in [0.15, 0.2) is 29.7 Å². The van der Waals surface area contributed by atoms with E-state index in [4.69, 9.17) is 10.9 Å². The molecule has 0 aliphatic rings. The predicted molar refractivity (Wildman–Crippen MR) is 73.4 cm³/mol. The van der Waals surface area contributed by atoms with E-state index in [1.807, 2.05) is 32.2 Å². The second kappa shape index (κ2) is 5.55. The number of oxime groups is 1. The fourth-order valence-electron chi connectivity index (χ4n) is 1.89. The Morgan fingerprint density at radius 1 is 1.58 bits per heavy atom. The summed E-state index contributed by atoms with van der Waals surface area (Å²) >= 11 is 0. The van der Waals surface area contributed by atoms with Crippen LogP contribution >= 0.6 is 0 Å². The van der Waals surface area contributed by atoms with Crippen LogP contribution in [0, 0.1) is 5.92 Å². The van der Waals surface area contributed by atoms with Crippen molar-refractivity contribution in [2.75, 3.05) is 18.0 Å². The minimum absolute atomic E-state index is 0.0483. The van der Waals surface area contributed by atoms with E-state index in [1.54, 1.807) is 10.7 Å². The van der Waals surface area contributed by atoms with Gasteiger partial charge in [0, 0.05) is 31.3 Å². The summed E-state index contributed by atoms with van der Waals surface area (Å²) in [5.41, 5.74) is 6.41. The van der Waals surface area contributed by atoms with Gasteiger partial charge in [-0.2, -0.15) is 5.10 Å². The Morgan fingerprint density at radius 2 is 2.37 bits per heavy atom. The third-order valence-corrected chi connectivity index (χ3v) is 3.06. The van der Waals surface area contributed by atoms with Gasteiger partial charge in [0.25, 0.3) is 0 Å². The number of nitrogens with two attached hydrogens (primary N) is 1. The molecule has 0 fully saturated rings. The standard InChI is InChI=1S/C12H18N6O/c1-3-17(8-9(2)12(13)16-19)10-5-7-18-11(15-10)4-6-14-18/h4-7,9,19H,3,8H2,1-2H3,(H2,13,16). The van der Waals surface area contributed by atoms with E-state index >= 15 is 0 Å². The highest BCUT2D eigenvalue weighted by Crippen LogP contribution is 2.14. The molecule has 1 atom stereocenters. The molecule has 0 saturated carbocycles. The lowest BCUT2D eigenvalue weighted by molar-refractivity contribution is 0.314. The van der Waals surface area contributed by atoms with E-state index in [0.717, 1.165) is 18.0 Å². The van der Waals surface area contributed by atoms with Gasteiger partial charge >= 0.3 is 0 Å². The topological polar surface area (TPSA) is 92.0 Å². The molecule has 0 aromatic carbocycles. The molecule has 2 aromatic heterocycles. The number of anilines is 1. The van der Waals surface area contributed by atoms with E-state index in [9.17, 15) is 0 Å². The summed E-state index contributed by atoms with van der Waals surface area (Å²) in [6.07, 6.45) is 3.58. The quantitative estimate of drug-likeness (QED) is 0.362. The number of hydrogen-bond donors (Lipinski definition) is 2. The van der Waals surface area contributed by atoms with Crippen LogP contribution in [0.3, 0.4) is 0 Å². The van der Waals surface area contributed by atoms with E-state index in [1.165, 1.54) is 0 Å². The first-order valence-electron chi connectivity index (χ1n) is 6.18. The smallest absolute Gasteiger partial charge is 0.157 e. The molecule has 2 aromatic rings. The van der Waals surface area contributed by atoms with Crippen molar-refractivity contribution in [3.8, 4) is 0 Å². The van der Waals surface area contributed by atoms with Gasteiger partial charge in [-0.1, -0.05) is 12.1 Å². The van der Waals surface area contributed by atoms with Crippen LogP contribution in [0.2, 0.25) is 0 Å². The van der Waals surface area contributed by atoms with Crippen molar-refractivity contribution in [2.45, 2.75) is 13.8 Å². The van der Waals surface area contributed by atoms with Gasteiger partial charge in [0.1, 0.15) is 11.7 Å². The fraction of sp³-hybridized carbons (Fsp3) is 0.417. The third-order valence-electron chi connectivity index (χ3n) is 3.06. The molecule has 2 rings (SSSR count). The minimum atomic E-state index is -0.0483. The molecule has 3 N–H and O–H groups in total. The average Bonchev–Trinajstić information content (AvgIpc) is 2.90. The Hall–Kier alpha value is -2.31. The van der Waals surface area contributed by atoms with E-state index in [0.29, 0.717) is 6.54 Å². The lowest BCUT2D eigenvalue weighted by Gasteiger charge is -2.24. The molecule has 0 saturated heterocycles. The van der Waals surface area contributed by atoms with Gasteiger partial charge in [0.15, 0.2) is 5.65 Å². The first-order valence-corrected chi connectivity index (χ1v) is 6.18. The van der Waals surface area contributed by atoms with Crippen molar-refractivity contribution >= 4 is 17.3 Å². The van der Waals surface area contributed by atoms with E-state index in [-0.39, 0.29) is 11.8 Å². The number of fused-ring (bicyclic) bond motifs is 1. The minimum Gasteiger partial charge on any atom is -0.409 e. The van der Waals surface area contributed by atoms with Gasteiger partial charge in [-0.05, 0) is 13.0 Å². The van der Waals surface area contributed by atoms with Crippen LogP contribution in [-0.2, 0) is 0 Å². The predicted octanol–water partition coefficient (Wildman–Crippen LogP) is 0.938. The van der Waals surface area contributed by atoms with Gasteiger partial charge in [-0.3, -0.25) is 0 Å². The Morgan fingerprint density at radius 3 is 3.05 bits per heavy atom. The Kier molecular flexibility index (Phi) is 3.84. The van der Waals surface area contributed by atoms with Crippen LogP contribution in [0.25, 0.3) is 5.65 Å². The maximum atomic E-state index is 8.69. The summed E-state index contributed by atoms with van der Waals surface area (Å²) in [6.45, 7) is 5.39. The largest absolute Gasteiger partial charge is 0.409 e. The van der Waals surface area contributed by atoms with Crippen molar-refractivity contribution in [1.29, 1.82) is 0 Å². The second-order valence-corrected chi connectivity index (χ2v) is 4.38. The Balaban J connectivity index is 2.21. The summed E-state index contributed by atoms with van der Waals surface area (Å²) in [4.78, 5) is 6.61. The van der Waals surface area contributed by atoms with Crippen LogP contribution in [0.4, 0.5) is 5.82 Å². The maximum Gasteiger partial charge on any atom is 0.157 e. The molecule has 102 valence electrons. The molecule has 0 spiro atoms. The molecule has 7 heteroatoms. The van der Waals surface area contributed by atoms with Gasteiger partial charge in [0.05, 0.1) is 6.20 Å². The molecule has 2 heterocycles. The Bertz CT molecular complexity index is 578. The number of amidine groups is 1. The molecule has 0 aliphatic heterocycles. The SMILES string of the molecule is CCN(CC(C)/C(N)=N/O)c1ccn2nccc2n1. The first kappa shape index (κ1) is 13.1. The zero-order valence-corrected chi connectivity index (χ0v) is 11.1. The van der Waals surface area contributed by atoms with E-state index < -0.39 is 0 Å². The molecule has 7 nitrogen and oxygen atoms in total. The molecule has 0 amide bonds. The summed E-state index contributed by atoms with van der Waals surface area (Å²) in [5.74, 6) is 1.03. The normalized spacial score (nSPS) is 13.7. The van der Waals surface area contributed by atoms with Crippen molar-refractivity contribution in [2.24, 2.45) is 16.8 Å². The molecular formula is C12H18N6O. The lowest BCUT2D eigenvalue weighted by atomic mass is 10.1. The monoisotopic (exact) mass is 262 g/mol. The van der Waals surface area contributed by atoms with Crippen LogP contribution in [0.5, 0.6) is 0 Å². The zero-order valence-electron chi connectivity index (χ0n) is 11.1.